The lowest BCUT2D eigenvalue weighted by molar-refractivity contribution is 0.0584. The molecule has 0 spiro atoms. The number of ether oxygens (including phenoxy) is 1. The summed E-state index contributed by atoms with van der Waals surface area (Å²) in [5.74, 6) is 0. The fourth-order valence-electron chi connectivity index (χ4n) is 2.79. The molecule has 0 radical (unpaired) electrons. The minimum absolute atomic E-state index is 0.620. The molecule has 0 bridgehead atoms. The van der Waals surface area contributed by atoms with Crippen LogP contribution in [-0.2, 0) is 10.3 Å². The van der Waals surface area contributed by atoms with Crippen molar-refractivity contribution in [1.82, 2.24) is 4.98 Å². The summed E-state index contributed by atoms with van der Waals surface area (Å²) in [6.07, 6.45) is 3.60. The van der Waals surface area contributed by atoms with Gasteiger partial charge < -0.3 is 4.74 Å². The van der Waals surface area contributed by atoms with Crippen molar-refractivity contribution in [2.24, 2.45) is 0 Å². The predicted octanol–water partition coefficient (Wildman–Crippen LogP) is 6.07. The zero-order chi connectivity index (χ0) is 18.5. The van der Waals surface area contributed by atoms with Crippen molar-refractivity contribution in [3.8, 4) is 0 Å². The molecule has 2 aromatic carbocycles. The van der Waals surface area contributed by atoms with E-state index < -0.39 is 5.60 Å². The van der Waals surface area contributed by atoms with Crippen molar-refractivity contribution in [2.45, 2.75) is 33.3 Å². The van der Waals surface area contributed by atoms with Gasteiger partial charge in [0.2, 0.25) is 0 Å². The first-order valence-corrected chi connectivity index (χ1v) is 8.94. The number of hydrogen-bond donors (Lipinski definition) is 0. The van der Waals surface area contributed by atoms with Crippen LogP contribution in [-0.4, -0.2) is 12.1 Å². The van der Waals surface area contributed by atoms with E-state index in [2.05, 4.69) is 29.2 Å². The quantitative estimate of drug-likeness (QED) is 0.577. The molecule has 3 aromatic rings. The molecule has 3 rings (SSSR count). The Morgan fingerprint density at radius 3 is 1.32 bits per heavy atom. The lowest BCUT2D eigenvalue weighted by atomic mass is 9.80. The zero-order valence-corrected chi connectivity index (χ0v) is 15.9. The van der Waals surface area contributed by atoms with E-state index in [1.54, 1.807) is 19.5 Å². The summed E-state index contributed by atoms with van der Waals surface area (Å²) >= 11 is 0. The first-order valence-electron chi connectivity index (χ1n) is 8.94. The second kappa shape index (κ2) is 11.2. The van der Waals surface area contributed by atoms with Crippen molar-refractivity contribution < 1.29 is 4.74 Å². The molecular weight excluding hydrogens is 306 g/mol. The number of nitrogens with zero attached hydrogens (tertiary/aromatic N) is 1. The summed E-state index contributed by atoms with van der Waals surface area (Å²) in [7, 11) is 1.75. The molecule has 0 amide bonds. The van der Waals surface area contributed by atoms with E-state index in [1.165, 1.54) is 0 Å². The standard InChI is InChI=1S/C19H17NO.2C2H6/c1-21-19(16-8-4-2-5-9-16,17-10-6-3-7-11-17)18-12-14-20-15-13-18;2*1-2/h2-15H,1H3;2*1-2H3. The second-order valence-electron chi connectivity index (χ2n) is 4.85. The van der Waals surface area contributed by atoms with E-state index in [4.69, 9.17) is 4.74 Å². The zero-order valence-electron chi connectivity index (χ0n) is 15.9. The Morgan fingerprint density at radius 2 is 0.960 bits per heavy atom. The third-order valence-corrected chi connectivity index (χ3v) is 3.75. The highest BCUT2D eigenvalue weighted by atomic mass is 16.5. The highest BCUT2D eigenvalue weighted by molar-refractivity contribution is 5.46. The highest BCUT2D eigenvalue weighted by Crippen LogP contribution is 2.39. The average molecular weight is 335 g/mol. The minimum atomic E-state index is -0.620. The molecule has 1 aromatic heterocycles. The van der Waals surface area contributed by atoms with Gasteiger partial charge in [-0.3, -0.25) is 4.98 Å². The van der Waals surface area contributed by atoms with E-state index in [-0.39, 0.29) is 0 Å². The van der Waals surface area contributed by atoms with Crippen LogP contribution in [0.1, 0.15) is 44.4 Å². The Morgan fingerprint density at radius 1 is 0.600 bits per heavy atom. The number of benzene rings is 2. The number of methoxy groups -OCH3 is 1. The molecule has 0 saturated heterocycles. The third kappa shape index (κ3) is 4.55. The van der Waals surface area contributed by atoms with Crippen LogP contribution in [0.4, 0.5) is 0 Å². The lowest BCUT2D eigenvalue weighted by Gasteiger charge is -2.34. The first-order chi connectivity index (χ1) is 12.4. The van der Waals surface area contributed by atoms with Gasteiger partial charge in [-0.05, 0) is 28.8 Å². The molecule has 132 valence electrons. The Bertz CT molecular complexity index is 584. The predicted molar refractivity (Wildman–Crippen MR) is 107 cm³/mol. The van der Waals surface area contributed by atoms with Gasteiger partial charge >= 0.3 is 0 Å². The molecule has 1 heterocycles. The average Bonchev–Trinajstić information content (AvgIpc) is 2.74. The van der Waals surface area contributed by atoms with Gasteiger partial charge in [-0.2, -0.15) is 0 Å². The summed E-state index contributed by atoms with van der Waals surface area (Å²) < 4.78 is 6.07. The van der Waals surface area contributed by atoms with Crippen LogP contribution < -0.4 is 0 Å². The van der Waals surface area contributed by atoms with Crippen LogP contribution in [0, 0.1) is 0 Å². The fraction of sp³-hybridized carbons (Fsp3) is 0.261. The molecular formula is C23H29NO. The lowest BCUT2D eigenvalue weighted by Crippen LogP contribution is -2.31. The van der Waals surface area contributed by atoms with Gasteiger partial charge in [-0.25, -0.2) is 0 Å². The van der Waals surface area contributed by atoms with E-state index in [1.807, 2.05) is 76.2 Å². The van der Waals surface area contributed by atoms with Crippen LogP contribution >= 0.6 is 0 Å². The summed E-state index contributed by atoms with van der Waals surface area (Å²) in [5.41, 5.74) is 2.65. The molecule has 0 N–H and O–H groups in total. The molecule has 2 nitrogen and oxygen atoms in total. The van der Waals surface area contributed by atoms with Crippen molar-refractivity contribution in [3.63, 3.8) is 0 Å². The summed E-state index contributed by atoms with van der Waals surface area (Å²) in [5, 5.41) is 0. The van der Waals surface area contributed by atoms with Crippen LogP contribution in [0.15, 0.2) is 85.2 Å². The summed E-state index contributed by atoms with van der Waals surface area (Å²) in [4.78, 5) is 4.12. The van der Waals surface area contributed by atoms with Gasteiger partial charge in [0.05, 0.1) is 0 Å². The molecule has 2 heteroatoms. The fourth-order valence-corrected chi connectivity index (χ4v) is 2.79. The SMILES string of the molecule is CC.CC.COC(c1ccccc1)(c1ccccc1)c1ccncc1. The number of hydrogen-bond acceptors (Lipinski definition) is 2. The van der Waals surface area contributed by atoms with Crippen LogP contribution in [0.2, 0.25) is 0 Å². The van der Waals surface area contributed by atoms with Gasteiger partial charge in [0, 0.05) is 19.5 Å². The maximum atomic E-state index is 6.07. The Labute approximate surface area is 152 Å². The Kier molecular flexibility index (Phi) is 9.20. The van der Waals surface area contributed by atoms with Crippen molar-refractivity contribution in [3.05, 3.63) is 102 Å². The number of rotatable bonds is 4. The van der Waals surface area contributed by atoms with E-state index in [0.717, 1.165) is 16.7 Å². The van der Waals surface area contributed by atoms with Crippen LogP contribution in [0.5, 0.6) is 0 Å². The molecule has 0 saturated carbocycles. The minimum Gasteiger partial charge on any atom is -0.364 e. The van der Waals surface area contributed by atoms with E-state index in [0.29, 0.717) is 0 Å². The van der Waals surface area contributed by atoms with Gasteiger partial charge in [-0.15, -0.1) is 0 Å². The van der Waals surface area contributed by atoms with E-state index >= 15 is 0 Å². The molecule has 0 atom stereocenters. The van der Waals surface area contributed by atoms with Crippen LogP contribution in [0.25, 0.3) is 0 Å². The maximum absolute atomic E-state index is 6.07. The van der Waals surface area contributed by atoms with Gasteiger partial charge in [-0.1, -0.05) is 88.4 Å². The van der Waals surface area contributed by atoms with Crippen LogP contribution in [0.3, 0.4) is 0 Å². The molecule has 0 unspecified atom stereocenters. The summed E-state index contributed by atoms with van der Waals surface area (Å²) in [6, 6.07) is 24.6. The smallest absolute Gasteiger partial charge is 0.143 e. The summed E-state index contributed by atoms with van der Waals surface area (Å²) in [6.45, 7) is 8.00. The highest BCUT2D eigenvalue weighted by Gasteiger charge is 2.36. The first kappa shape index (κ1) is 20.6. The molecule has 0 aliphatic rings. The maximum Gasteiger partial charge on any atom is 0.143 e. The van der Waals surface area contributed by atoms with Crippen molar-refractivity contribution in [1.29, 1.82) is 0 Å². The molecule has 0 fully saturated rings. The number of pyridine rings is 1. The Balaban J connectivity index is 0.000000730. The Hall–Kier alpha value is -2.45. The second-order valence-corrected chi connectivity index (χ2v) is 4.85. The largest absolute Gasteiger partial charge is 0.364 e. The number of aromatic nitrogens is 1. The van der Waals surface area contributed by atoms with Gasteiger partial charge in [0.25, 0.3) is 0 Å². The monoisotopic (exact) mass is 335 g/mol. The van der Waals surface area contributed by atoms with Gasteiger partial charge in [0.1, 0.15) is 5.60 Å². The van der Waals surface area contributed by atoms with E-state index in [9.17, 15) is 0 Å². The third-order valence-electron chi connectivity index (χ3n) is 3.75. The molecule has 25 heavy (non-hydrogen) atoms. The molecule has 0 aliphatic carbocycles. The molecule has 0 aliphatic heterocycles. The topological polar surface area (TPSA) is 22.1 Å². The van der Waals surface area contributed by atoms with Crippen molar-refractivity contribution in [2.75, 3.05) is 7.11 Å². The van der Waals surface area contributed by atoms with Gasteiger partial charge in [0.15, 0.2) is 0 Å². The normalized spacial score (nSPS) is 9.96. The van der Waals surface area contributed by atoms with Crippen molar-refractivity contribution >= 4 is 0 Å².